The number of para-hydroxylation sites is 1. The van der Waals surface area contributed by atoms with E-state index in [4.69, 9.17) is 15.2 Å². The molecule has 29 heavy (non-hydrogen) atoms. The Morgan fingerprint density at radius 1 is 0.931 bits per heavy atom. The monoisotopic (exact) mass is 391 g/mol. The highest BCUT2D eigenvalue weighted by Crippen LogP contribution is 2.28. The maximum atomic E-state index is 11.8. The Morgan fingerprint density at radius 2 is 1.55 bits per heavy atom. The molecule has 8 heteroatoms. The number of carbonyl (C=O) groups excluding carboxylic acids is 1. The van der Waals surface area contributed by atoms with Crippen molar-refractivity contribution < 1.29 is 14.3 Å². The van der Waals surface area contributed by atoms with Crippen molar-refractivity contribution >= 4 is 11.9 Å². The van der Waals surface area contributed by atoms with Crippen LogP contribution in [-0.4, -0.2) is 42.1 Å². The second-order valence-corrected chi connectivity index (χ2v) is 6.48. The van der Waals surface area contributed by atoms with Gasteiger partial charge in [0.05, 0.1) is 0 Å². The molecule has 0 radical (unpaired) electrons. The van der Waals surface area contributed by atoms with Gasteiger partial charge in [-0.3, -0.25) is 4.79 Å². The number of amides is 1. The van der Waals surface area contributed by atoms with Crippen LogP contribution in [0.15, 0.2) is 60.8 Å². The molecule has 3 N–H and O–H groups in total. The molecule has 1 aliphatic heterocycles. The summed E-state index contributed by atoms with van der Waals surface area (Å²) >= 11 is 0. The van der Waals surface area contributed by atoms with E-state index in [1.165, 1.54) is 6.20 Å². The minimum absolute atomic E-state index is 0.133. The van der Waals surface area contributed by atoms with Crippen molar-refractivity contribution in [3.8, 4) is 23.1 Å². The summed E-state index contributed by atoms with van der Waals surface area (Å²) < 4.78 is 11.6. The van der Waals surface area contributed by atoms with Crippen LogP contribution in [0, 0.1) is 0 Å². The first kappa shape index (κ1) is 18.7. The highest BCUT2D eigenvalue weighted by molar-refractivity contribution is 5.94. The summed E-state index contributed by atoms with van der Waals surface area (Å²) in [6.45, 7) is 3.25. The van der Waals surface area contributed by atoms with Gasteiger partial charge in [-0.15, -0.1) is 0 Å². The summed E-state index contributed by atoms with van der Waals surface area (Å²) in [4.78, 5) is 22.5. The van der Waals surface area contributed by atoms with Gasteiger partial charge >= 0.3 is 0 Å². The fourth-order valence-corrected chi connectivity index (χ4v) is 2.93. The van der Waals surface area contributed by atoms with E-state index in [1.54, 1.807) is 24.3 Å². The Hall–Kier alpha value is -3.65. The number of ether oxygens (including phenoxy) is 2. The number of piperazine rings is 1. The summed E-state index contributed by atoms with van der Waals surface area (Å²) in [6, 6.07) is 16.5. The summed E-state index contributed by atoms with van der Waals surface area (Å²) in [5, 5.41) is 3.28. The number of hydrogen-bond donors (Lipinski definition) is 2. The van der Waals surface area contributed by atoms with Crippen LogP contribution in [0.3, 0.4) is 0 Å². The summed E-state index contributed by atoms with van der Waals surface area (Å²) in [5.41, 5.74) is 5.60. The number of hydrogen-bond acceptors (Lipinski definition) is 7. The number of nitrogens with two attached hydrogens (primary N) is 1. The Balaban J connectivity index is 1.53. The molecule has 2 aromatic carbocycles. The van der Waals surface area contributed by atoms with E-state index in [1.807, 2.05) is 35.2 Å². The van der Waals surface area contributed by atoms with Gasteiger partial charge in [-0.05, 0) is 36.4 Å². The predicted octanol–water partition coefficient (Wildman–Crippen LogP) is 2.57. The number of rotatable bonds is 6. The maximum absolute atomic E-state index is 11.8. The fraction of sp³-hybridized carbons (Fsp3) is 0.190. The van der Waals surface area contributed by atoms with Gasteiger partial charge in [-0.2, -0.15) is 4.98 Å². The number of nitrogens with zero attached hydrogens (tertiary/aromatic N) is 3. The van der Waals surface area contributed by atoms with E-state index < -0.39 is 5.91 Å². The highest BCUT2D eigenvalue weighted by atomic mass is 16.5. The topological polar surface area (TPSA) is 103 Å². The predicted molar refractivity (Wildman–Crippen MR) is 109 cm³/mol. The third-order valence-electron chi connectivity index (χ3n) is 4.42. The molecule has 1 amide bonds. The molecular weight excluding hydrogens is 370 g/mol. The molecule has 0 unspecified atom stereocenters. The van der Waals surface area contributed by atoms with Gasteiger partial charge in [-0.1, -0.05) is 18.2 Å². The van der Waals surface area contributed by atoms with E-state index >= 15 is 0 Å². The van der Waals surface area contributed by atoms with Crippen molar-refractivity contribution in [3.05, 3.63) is 66.4 Å². The van der Waals surface area contributed by atoms with Gasteiger partial charge in [0.25, 0.3) is 5.91 Å². The average Bonchev–Trinajstić information content (AvgIpc) is 2.76. The van der Waals surface area contributed by atoms with Crippen LogP contribution >= 0.6 is 0 Å². The minimum atomic E-state index is -0.643. The lowest BCUT2D eigenvalue weighted by molar-refractivity contribution is 0.0997. The van der Waals surface area contributed by atoms with E-state index in [2.05, 4.69) is 15.3 Å². The highest BCUT2D eigenvalue weighted by Gasteiger charge is 2.19. The standard InChI is InChI=1S/C21H21N5O3/c22-19(27)18-14-24-21(26-12-10-23-11-13-26)25-20(18)29-17-8-6-16(7-9-17)28-15-4-2-1-3-5-15/h1-9,14,23H,10-13H2,(H2,22,27). The normalized spacial score (nSPS) is 13.7. The lowest BCUT2D eigenvalue weighted by Crippen LogP contribution is -2.44. The van der Waals surface area contributed by atoms with E-state index in [0.717, 1.165) is 31.9 Å². The summed E-state index contributed by atoms with van der Waals surface area (Å²) in [6.07, 6.45) is 1.41. The lowest BCUT2D eigenvalue weighted by Gasteiger charge is -2.27. The Labute approximate surface area is 168 Å². The van der Waals surface area contributed by atoms with Gasteiger partial charge in [0.2, 0.25) is 11.8 Å². The van der Waals surface area contributed by atoms with Crippen molar-refractivity contribution in [2.24, 2.45) is 5.73 Å². The van der Waals surface area contributed by atoms with Gasteiger partial charge < -0.3 is 25.4 Å². The number of anilines is 1. The zero-order valence-electron chi connectivity index (χ0n) is 15.7. The van der Waals surface area contributed by atoms with Gasteiger partial charge in [-0.25, -0.2) is 4.98 Å². The number of carbonyl (C=O) groups is 1. The molecule has 1 saturated heterocycles. The van der Waals surface area contributed by atoms with Crippen LogP contribution < -0.4 is 25.4 Å². The Kier molecular flexibility index (Phi) is 5.53. The fourth-order valence-electron chi connectivity index (χ4n) is 2.93. The van der Waals surface area contributed by atoms with Gasteiger partial charge in [0.1, 0.15) is 22.8 Å². The van der Waals surface area contributed by atoms with Crippen LogP contribution in [0.1, 0.15) is 10.4 Å². The Morgan fingerprint density at radius 3 is 2.21 bits per heavy atom. The molecule has 1 fully saturated rings. The first-order chi connectivity index (χ1) is 14.2. The van der Waals surface area contributed by atoms with Crippen LogP contribution in [0.2, 0.25) is 0 Å². The van der Waals surface area contributed by atoms with Crippen molar-refractivity contribution in [3.63, 3.8) is 0 Å². The smallest absolute Gasteiger partial charge is 0.255 e. The quantitative estimate of drug-likeness (QED) is 0.666. The van der Waals surface area contributed by atoms with Crippen LogP contribution in [0.25, 0.3) is 0 Å². The van der Waals surface area contributed by atoms with Crippen molar-refractivity contribution in [1.82, 2.24) is 15.3 Å². The second kappa shape index (κ2) is 8.57. The van der Waals surface area contributed by atoms with Gasteiger partial charge in [0, 0.05) is 32.4 Å². The molecule has 4 rings (SSSR count). The molecule has 1 aliphatic rings. The molecule has 2 heterocycles. The number of primary amides is 1. The van der Waals surface area contributed by atoms with Gasteiger partial charge in [0.15, 0.2) is 0 Å². The van der Waals surface area contributed by atoms with Crippen LogP contribution in [-0.2, 0) is 0 Å². The molecule has 3 aromatic rings. The molecular formula is C21H21N5O3. The van der Waals surface area contributed by atoms with Crippen molar-refractivity contribution in [2.45, 2.75) is 0 Å². The number of aromatic nitrogens is 2. The van der Waals surface area contributed by atoms with Crippen molar-refractivity contribution in [1.29, 1.82) is 0 Å². The zero-order valence-corrected chi connectivity index (χ0v) is 15.7. The molecule has 0 atom stereocenters. The Bertz CT molecular complexity index is 973. The zero-order chi connectivity index (χ0) is 20.1. The van der Waals surface area contributed by atoms with E-state index in [-0.39, 0.29) is 11.4 Å². The lowest BCUT2D eigenvalue weighted by atomic mass is 10.3. The third kappa shape index (κ3) is 4.61. The first-order valence-corrected chi connectivity index (χ1v) is 9.32. The largest absolute Gasteiger partial charge is 0.457 e. The third-order valence-corrected chi connectivity index (χ3v) is 4.42. The summed E-state index contributed by atoms with van der Waals surface area (Å²) in [5.74, 6) is 1.93. The molecule has 1 aromatic heterocycles. The number of benzene rings is 2. The van der Waals surface area contributed by atoms with Crippen LogP contribution in [0.5, 0.6) is 23.1 Å². The first-order valence-electron chi connectivity index (χ1n) is 9.32. The second-order valence-electron chi connectivity index (χ2n) is 6.48. The molecule has 0 aliphatic carbocycles. The molecule has 0 saturated carbocycles. The maximum Gasteiger partial charge on any atom is 0.255 e. The van der Waals surface area contributed by atoms with Crippen LogP contribution in [0.4, 0.5) is 5.95 Å². The molecule has 0 bridgehead atoms. The average molecular weight is 391 g/mol. The molecule has 8 nitrogen and oxygen atoms in total. The van der Waals surface area contributed by atoms with E-state index in [9.17, 15) is 4.79 Å². The summed E-state index contributed by atoms with van der Waals surface area (Å²) in [7, 11) is 0. The minimum Gasteiger partial charge on any atom is -0.457 e. The molecule has 148 valence electrons. The SMILES string of the molecule is NC(=O)c1cnc(N2CCNCC2)nc1Oc1ccc(Oc2ccccc2)cc1. The van der Waals surface area contributed by atoms with E-state index in [0.29, 0.717) is 17.4 Å². The number of nitrogens with one attached hydrogen (secondary N) is 1. The molecule has 0 spiro atoms. The van der Waals surface area contributed by atoms with Crippen molar-refractivity contribution in [2.75, 3.05) is 31.1 Å².